The Kier molecular flexibility index (Phi) is 28.5. The molecule has 0 aliphatic rings. The van der Waals surface area contributed by atoms with E-state index in [1.54, 1.807) is 6.92 Å². The van der Waals surface area contributed by atoms with Crippen molar-refractivity contribution in [1.29, 1.82) is 0 Å². The van der Waals surface area contributed by atoms with Crippen LogP contribution in [0, 0.1) is 12.8 Å². The Morgan fingerprint density at radius 2 is 1.56 bits per heavy atom. The Labute approximate surface area is 69.9 Å². The minimum absolute atomic E-state index is 0. The van der Waals surface area contributed by atoms with Gasteiger partial charge in [-0.15, -0.1) is 0 Å². The van der Waals surface area contributed by atoms with Gasteiger partial charge in [-0.3, -0.25) is 0 Å². The van der Waals surface area contributed by atoms with Gasteiger partial charge in [0, 0.05) is 0 Å². The Hall–Kier alpha value is 0.479. The van der Waals surface area contributed by atoms with Crippen molar-refractivity contribution >= 4 is 0 Å². The first-order chi connectivity index (χ1) is 3.68. The van der Waals surface area contributed by atoms with E-state index in [9.17, 15) is 0 Å². The summed E-state index contributed by atoms with van der Waals surface area (Å²) in [6, 6.07) is 0. The maximum absolute atomic E-state index is 6.21. The molecule has 1 radical (unpaired) electrons. The zero-order chi connectivity index (χ0) is 6.99. The van der Waals surface area contributed by atoms with Crippen LogP contribution in [0.25, 0.3) is 5.73 Å². The summed E-state index contributed by atoms with van der Waals surface area (Å²) in [5, 5.41) is 0. The van der Waals surface area contributed by atoms with Gasteiger partial charge in [-0.1, -0.05) is 26.7 Å². The third-order valence-corrected chi connectivity index (χ3v) is 0.577. The number of hydrogen-bond acceptors (Lipinski definition) is 0. The molecule has 57 valence electrons. The average molecular weight is 170 g/mol. The van der Waals surface area contributed by atoms with Crippen molar-refractivity contribution in [3.8, 4) is 0 Å². The van der Waals surface area contributed by atoms with Crippen molar-refractivity contribution < 1.29 is 17.1 Å². The molecule has 0 rings (SSSR count). The number of hydrogen-bond donors (Lipinski definition) is 0. The minimum Gasteiger partial charge on any atom is -0.678 e. The fraction of sp³-hybridized carbons (Fsp3) is 0.857. The summed E-state index contributed by atoms with van der Waals surface area (Å²) in [5.74, 6) is 0.773. The average Bonchev–Trinajstić information content (AvgIpc) is 1.69. The Bertz CT molecular complexity index is 30.1. The molecular formula is C7H17MnN. The summed E-state index contributed by atoms with van der Waals surface area (Å²) >= 11 is 0. The smallest absolute Gasteiger partial charge is 0.678 e. The van der Waals surface area contributed by atoms with E-state index in [-0.39, 0.29) is 17.1 Å². The third-order valence-electron chi connectivity index (χ3n) is 0.577. The molecule has 0 aromatic heterocycles. The third kappa shape index (κ3) is 57.9. The molecule has 0 bridgehead atoms. The van der Waals surface area contributed by atoms with Crippen LogP contribution in [0.3, 0.4) is 0 Å². The Morgan fingerprint density at radius 3 is 1.56 bits per heavy atom. The first-order valence-corrected chi connectivity index (χ1v) is 3.12. The molecule has 1 nitrogen and oxygen atoms in total. The van der Waals surface area contributed by atoms with Crippen LogP contribution in [-0.4, -0.2) is 6.54 Å². The Morgan fingerprint density at radius 1 is 1.44 bits per heavy atom. The van der Waals surface area contributed by atoms with Crippen molar-refractivity contribution in [1.82, 2.24) is 0 Å². The second-order valence-corrected chi connectivity index (χ2v) is 2.04. The van der Waals surface area contributed by atoms with Crippen LogP contribution < -0.4 is 0 Å². The molecular weight excluding hydrogens is 153 g/mol. The van der Waals surface area contributed by atoms with Gasteiger partial charge in [-0.25, -0.2) is 0 Å². The number of rotatable bonds is 1. The normalized spacial score (nSPS) is 7.33. The predicted molar refractivity (Wildman–Crippen MR) is 39.7 cm³/mol. The van der Waals surface area contributed by atoms with E-state index >= 15 is 0 Å². The topological polar surface area (TPSA) is 23.8 Å². The maximum Gasteiger partial charge on any atom is 2.00 e. The van der Waals surface area contributed by atoms with Crippen LogP contribution in [0.5, 0.6) is 0 Å². The van der Waals surface area contributed by atoms with E-state index in [0.29, 0.717) is 6.54 Å². The van der Waals surface area contributed by atoms with Gasteiger partial charge in [0.2, 0.25) is 0 Å². The van der Waals surface area contributed by atoms with Gasteiger partial charge in [0.25, 0.3) is 0 Å². The van der Waals surface area contributed by atoms with Crippen LogP contribution in [0.15, 0.2) is 0 Å². The summed E-state index contributed by atoms with van der Waals surface area (Å²) in [4.78, 5) is 0. The summed E-state index contributed by atoms with van der Waals surface area (Å²) < 4.78 is 0. The van der Waals surface area contributed by atoms with Crippen LogP contribution in [0.2, 0.25) is 0 Å². The molecule has 0 atom stereocenters. The summed E-state index contributed by atoms with van der Waals surface area (Å²) in [5.41, 5.74) is 6.21. The van der Waals surface area contributed by atoms with Crippen LogP contribution in [0.4, 0.5) is 0 Å². The molecule has 0 spiro atoms. The van der Waals surface area contributed by atoms with Crippen LogP contribution in [-0.2, 0) is 17.1 Å². The van der Waals surface area contributed by atoms with Crippen molar-refractivity contribution in [3.63, 3.8) is 0 Å². The van der Waals surface area contributed by atoms with Crippen molar-refractivity contribution in [2.45, 2.75) is 27.2 Å². The SMILES string of the molecule is CC[NH-].[CH2-]CC(C)C.[Mn+2]. The fourth-order valence-corrected chi connectivity index (χ4v) is 0. The Balaban J connectivity index is -0.0000000800. The molecule has 0 saturated carbocycles. The van der Waals surface area contributed by atoms with Gasteiger partial charge in [-0.2, -0.15) is 13.0 Å². The zero-order valence-corrected chi connectivity index (χ0v) is 7.76. The predicted octanol–water partition coefficient (Wildman–Crippen LogP) is 2.92. The van der Waals surface area contributed by atoms with Gasteiger partial charge in [0.05, 0.1) is 0 Å². The second kappa shape index (κ2) is 15.8. The molecule has 0 saturated heterocycles. The van der Waals surface area contributed by atoms with E-state index in [0.717, 1.165) is 12.3 Å². The minimum atomic E-state index is 0. The van der Waals surface area contributed by atoms with E-state index in [2.05, 4.69) is 20.8 Å². The molecule has 0 aliphatic heterocycles. The molecule has 2 heteroatoms. The van der Waals surface area contributed by atoms with Crippen molar-refractivity contribution in [2.24, 2.45) is 5.92 Å². The van der Waals surface area contributed by atoms with Crippen molar-refractivity contribution in [2.75, 3.05) is 6.54 Å². The van der Waals surface area contributed by atoms with E-state index in [4.69, 9.17) is 5.73 Å². The molecule has 0 heterocycles. The molecule has 0 fully saturated rings. The van der Waals surface area contributed by atoms with Crippen molar-refractivity contribution in [3.05, 3.63) is 12.7 Å². The van der Waals surface area contributed by atoms with E-state index in [1.165, 1.54) is 0 Å². The van der Waals surface area contributed by atoms with Gasteiger partial charge in [0.1, 0.15) is 0 Å². The molecule has 0 unspecified atom stereocenters. The maximum atomic E-state index is 6.21. The summed E-state index contributed by atoms with van der Waals surface area (Å²) in [6.07, 6.45) is 1.06. The summed E-state index contributed by atoms with van der Waals surface area (Å²) in [6.45, 7) is 10.3. The largest absolute Gasteiger partial charge is 2.00 e. The molecule has 0 aliphatic carbocycles. The standard InChI is InChI=1S/C5H11.C2H6N.Mn/c1-4-5(2)3;1-2-3;/h5H,1,4H2,2-3H3;3H,2H2,1H3;/q2*-1;+2. The quantitative estimate of drug-likeness (QED) is 0.426. The second-order valence-electron chi connectivity index (χ2n) is 2.04. The van der Waals surface area contributed by atoms with Gasteiger partial charge in [0.15, 0.2) is 0 Å². The monoisotopic (exact) mass is 170 g/mol. The van der Waals surface area contributed by atoms with Gasteiger partial charge in [-0.05, 0) is 0 Å². The summed E-state index contributed by atoms with van der Waals surface area (Å²) in [7, 11) is 0. The number of nitrogens with one attached hydrogen (secondary N) is 1. The van der Waals surface area contributed by atoms with Gasteiger partial charge < -0.3 is 12.7 Å². The molecule has 0 aromatic carbocycles. The molecule has 0 amide bonds. The molecule has 1 N–H and O–H groups in total. The van der Waals surface area contributed by atoms with E-state index in [1.807, 2.05) is 0 Å². The van der Waals surface area contributed by atoms with E-state index < -0.39 is 0 Å². The molecule has 0 aromatic rings. The first-order valence-electron chi connectivity index (χ1n) is 3.12. The van der Waals surface area contributed by atoms with Crippen LogP contribution in [0.1, 0.15) is 27.2 Å². The van der Waals surface area contributed by atoms with Gasteiger partial charge >= 0.3 is 17.1 Å². The molecule has 9 heavy (non-hydrogen) atoms. The fourth-order valence-electron chi connectivity index (χ4n) is 0. The first kappa shape index (κ1) is 16.2. The zero-order valence-electron chi connectivity index (χ0n) is 6.58. The van der Waals surface area contributed by atoms with Crippen LogP contribution >= 0.6 is 0 Å².